The molecular formula is C17H24N4O3. The lowest BCUT2D eigenvalue weighted by Crippen LogP contribution is -2.46. The average molecular weight is 332 g/mol. The number of hydrogen-bond acceptors (Lipinski definition) is 5. The summed E-state index contributed by atoms with van der Waals surface area (Å²) in [5.41, 5.74) is 1.38. The monoisotopic (exact) mass is 332 g/mol. The van der Waals surface area contributed by atoms with Gasteiger partial charge < -0.3 is 20.3 Å². The first-order valence-corrected chi connectivity index (χ1v) is 8.61. The molecule has 1 aliphatic carbocycles. The van der Waals surface area contributed by atoms with Gasteiger partial charge in [-0.1, -0.05) is 0 Å². The zero-order valence-electron chi connectivity index (χ0n) is 14.0. The molecule has 2 amide bonds. The summed E-state index contributed by atoms with van der Waals surface area (Å²) in [6, 6.07) is 4.27. The lowest BCUT2D eigenvalue weighted by molar-refractivity contribution is 0.0856. The van der Waals surface area contributed by atoms with Gasteiger partial charge in [0.25, 0.3) is 5.91 Å². The van der Waals surface area contributed by atoms with Crippen molar-refractivity contribution in [1.82, 2.24) is 15.2 Å². The van der Waals surface area contributed by atoms with Gasteiger partial charge >= 0.3 is 6.09 Å². The van der Waals surface area contributed by atoms with E-state index in [9.17, 15) is 9.59 Å². The van der Waals surface area contributed by atoms with Gasteiger partial charge in [0.15, 0.2) is 0 Å². The number of piperidine rings is 1. The lowest BCUT2D eigenvalue weighted by atomic mass is 10.1. The predicted molar refractivity (Wildman–Crippen MR) is 90.0 cm³/mol. The van der Waals surface area contributed by atoms with Gasteiger partial charge in [-0.05, 0) is 44.7 Å². The molecule has 24 heavy (non-hydrogen) atoms. The molecule has 7 heteroatoms. The molecule has 1 aliphatic heterocycles. The van der Waals surface area contributed by atoms with E-state index >= 15 is 0 Å². The van der Waals surface area contributed by atoms with Crippen LogP contribution in [0.25, 0.3) is 0 Å². The number of carbonyl (C=O) groups excluding carboxylic acids is 2. The van der Waals surface area contributed by atoms with Crippen LogP contribution in [0.2, 0.25) is 0 Å². The molecule has 1 saturated heterocycles. The smallest absolute Gasteiger partial charge is 0.409 e. The van der Waals surface area contributed by atoms with Crippen LogP contribution in [-0.2, 0) is 4.74 Å². The van der Waals surface area contributed by atoms with Crippen molar-refractivity contribution in [2.24, 2.45) is 0 Å². The summed E-state index contributed by atoms with van der Waals surface area (Å²) in [5, 5.41) is 6.34. The Kier molecular flexibility index (Phi) is 5.17. The van der Waals surface area contributed by atoms with Crippen LogP contribution in [0.1, 0.15) is 43.1 Å². The fourth-order valence-electron chi connectivity index (χ4n) is 2.76. The van der Waals surface area contributed by atoms with Gasteiger partial charge in [0.2, 0.25) is 0 Å². The number of likely N-dealkylation sites (tertiary alicyclic amines) is 1. The minimum absolute atomic E-state index is 0.0641. The van der Waals surface area contributed by atoms with Gasteiger partial charge in [0, 0.05) is 25.2 Å². The fraction of sp³-hybridized carbons (Fsp3) is 0.588. The van der Waals surface area contributed by atoms with E-state index in [2.05, 4.69) is 15.6 Å². The maximum absolute atomic E-state index is 12.3. The van der Waals surface area contributed by atoms with E-state index in [1.165, 1.54) is 12.8 Å². The number of ether oxygens (including phenoxy) is 1. The molecule has 2 heterocycles. The molecule has 0 atom stereocenters. The zero-order chi connectivity index (χ0) is 16.9. The van der Waals surface area contributed by atoms with Crippen LogP contribution in [0.5, 0.6) is 0 Å². The van der Waals surface area contributed by atoms with E-state index in [1.807, 2.05) is 6.07 Å². The van der Waals surface area contributed by atoms with E-state index in [-0.39, 0.29) is 18.0 Å². The van der Waals surface area contributed by atoms with Crippen molar-refractivity contribution in [3.05, 3.63) is 24.0 Å². The number of nitrogens with one attached hydrogen (secondary N) is 2. The van der Waals surface area contributed by atoms with Crippen molar-refractivity contribution in [3.8, 4) is 0 Å². The van der Waals surface area contributed by atoms with E-state index in [4.69, 9.17) is 4.74 Å². The third-order valence-electron chi connectivity index (χ3n) is 4.30. The first-order valence-electron chi connectivity index (χ1n) is 8.61. The summed E-state index contributed by atoms with van der Waals surface area (Å²) >= 11 is 0. The highest BCUT2D eigenvalue weighted by atomic mass is 16.6. The summed E-state index contributed by atoms with van der Waals surface area (Å²) < 4.78 is 4.99. The number of pyridine rings is 1. The first kappa shape index (κ1) is 16.5. The Morgan fingerprint density at radius 1 is 1.21 bits per heavy atom. The van der Waals surface area contributed by atoms with Crippen LogP contribution >= 0.6 is 0 Å². The highest BCUT2D eigenvalue weighted by Crippen LogP contribution is 2.24. The quantitative estimate of drug-likeness (QED) is 0.862. The summed E-state index contributed by atoms with van der Waals surface area (Å²) in [7, 11) is 0. The van der Waals surface area contributed by atoms with E-state index < -0.39 is 0 Å². The summed E-state index contributed by atoms with van der Waals surface area (Å²) in [4.78, 5) is 29.9. The minimum Gasteiger partial charge on any atom is -0.450 e. The van der Waals surface area contributed by atoms with Crippen LogP contribution in [0, 0.1) is 0 Å². The molecule has 0 spiro atoms. The SMILES string of the molecule is CCOC(=O)N1CCC(NC(=O)c2ccc(NC3CC3)cn2)CC1. The Balaban J connectivity index is 1.46. The molecule has 1 aromatic rings. The minimum atomic E-state index is -0.275. The maximum atomic E-state index is 12.3. The molecule has 2 fully saturated rings. The number of nitrogens with zero attached hydrogens (tertiary/aromatic N) is 2. The molecule has 0 radical (unpaired) electrons. The van der Waals surface area contributed by atoms with E-state index in [1.54, 1.807) is 24.1 Å². The molecule has 2 N–H and O–H groups in total. The second-order valence-electron chi connectivity index (χ2n) is 6.28. The molecule has 2 aliphatic rings. The first-order chi connectivity index (χ1) is 11.7. The summed E-state index contributed by atoms with van der Waals surface area (Å²) in [6.07, 6.45) is 5.29. The molecule has 1 aromatic heterocycles. The Morgan fingerprint density at radius 2 is 1.96 bits per heavy atom. The van der Waals surface area contributed by atoms with Crippen molar-refractivity contribution < 1.29 is 14.3 Å². The molecule has 3 rings (SSSR count). The van der Waals surface area contributed by atoms with Gasteiger partial charge in [0.05, 0.1) is 18.5 Å². The van der Waals surface area contributed by atoms with Gasteiger partial charge in [0.1, 0.15) is 5.69 Å². The van der Waals surface area contributed by atoms with Crippen LogP contribution in [0.15, 0.2) is 18.3 Å². The summed E-state index contributed by atoms with van der Waals surface area (Å²) in [6.45, 7) is 3.37. The normalized spacial score (nSPS) is 18.1. The topological polar surface area (TPSA) is 83.6 Å². The van der Waals surface area contributed by atoms with Crippen molar-refractivity contribution in [3.63, 3.8) is 0 Å². The molecule has 7 nitrogen and oxygen atoms in total. The number of aromatic nitrogens is 1. The second kappa shape index (κ2) is 7.51. The predicted octanol–water partition coefficient (Wildman–Crippen LogP) is 2.01. The molecular weight excluding hydrogens is 308 g/mol. The number of amides is 2. The van der Waals surface area contributed by atoms with E-state index in [0.717, 1.165) is 18.5 Å². The maximum Gasteiger partial charge on any atom is 0.409 e. The Hall–Kier alpha value is -2.31. The van der Waals surface area contributed by atoms with Crippen LogP contribution in [-0.4, -0.2) is 53.7 Å². The van der Waals surface area contributed by atoms with Gasteiger partial charge in [-0.2, -0.15) is 0 Å². The number of rotatable bonds is 5. The molecule has 0 aromatic carbocycles. The van der Waals surface area contributed by atoms with Crippen LogP contribution < -0.4 is 10.6 Å². The number of carbonyl (C=O) groups is 2. The third-order valence-corrected chi connectivity index (χ3v) is 4.30. The Bertz CT molecular complexity index is 578. The van der Waals surface area contributed by atoms with Gasteiger partial charge in [-0.15, -0.1) is 0 Å². The largest absolute Gasteiger partial charge is 0.450 e. The summed E-state index contributed by atoms with van der Waals surface area (Å²) in [5.74, 6) is -0.164. The van der Waals surface area contributed by atoms with E-state index in [0.29, 0.717) is 31.4 Å². The number of hydrogen-bond donors (Lipinski definition) is 2. The third kappa shape index (κ3) is 4.37. The molecule has 1 saturated carbocycles. The van der Waals surface area contributed by atoms with Crippen molar-refractivity contribution in [1.29, 1.82) is 0 Å². The Labute approximate surface area is 141 Å². The highest BCUT2D eigenvalue weighted by molar-refractivity contribution is 5.92. The lowest BCUT2D eigenvalue weighted by Gasteiger charge is -2.31. The second-order valence-corrected chi connectivity index (χ2v) is 6.28. The Morgan fingerprint density at radius 3 is 2.54 bits per heavy atom. The van der Waals surface area contributed by atoms with Crippen molar-refractivity contribution in [2.45, 2.75) is 44.7 Å². The fourth-order valence-corrected chi connectivity index (χ4v) is 2.76. The standard InChI is InChI=1S/C17H24N4O3/c1-2-24-17(23)21-9-7-13(8-10-21)20-16(22)15-6-5-14(11-18-15)19-12-3-4-12/h5-6,11-13,19H,2-4,7-10H2,1H3,(H,20,22). The van der Waals surface area contributed by atoms with Crippen LogP contribution in [0.4, 0.5) is 10.5 Å². The van der Waals surface area contributed by atoms with Crippen molar-refractivity contribution >= 4 is 17.7 Å². The molecule has 0 bridgehead atoms. The molecule has 130 valence electrons. The van der Waals surface area contributed by atoms with Crippen LogP contribution in [0.3, 0.4) is 0 Å². The molecule has 0 unspecified atom stereocenters. The zero-order valence-corrected chi connectivity index (χ0v) is 14.0. The van der Waals surface area contributed by atoms with Crippen molar-refractivity contribution in [2.75, 3.05) is 25.0 Å². The number of anilines is 1. The average Bonchev–Trinajstić information content (AvgIpc) is 3.40. The van der Waals surface area contributed by atoms with Gasteiger partial charge in [-0.3, -0.25) is 4.79 Å². The van der Waals surface area contributed by atoms with Gasteiger partial charge in [-0.25, -0.2) is 9.78 Å². The highest BCUT2D eigenvalue weighted by Gasteiger charge is 2.25.